The van der Waals surface area contributed by atoms with Crippen LogP contribution in [0.3, 0.4) is 0 Å². The molecule has 2 unspecified atom stereocenters. The average molecular weight is 254 g/mol. The Morgan fingerprint density at radius 1 is 1.32 bits per heavy atom. The maximum Gasteiger partial charge on any atom is 0.0748 e. The van der Waals surface area contributed by atoms with Crippen molar-refractivity contribution < 1.29 is 0 Å². The van der Waals surface area contributed by atoms with Crippen LogP contribution in [0.2, 0.25) is 0 Å². The third-order valence-corrected chi connectivity index (χ3v) is 4.31. The predicted molar refractivity (Wildman–Crippen MR) is 78.4 cm³/mol. The molecule has 1 saturated heterocycles. The van der Waals surface area contributed by atoms with Gasteiger partial charge in [0.25, 0.3) is 0 Å². The second-order valence-electron chi connectivity index (χ2n) is 5.51. The third kappa shape index (κ3) is 2.48. The molecule has 0 bridgehead atoms. The van der Waals surface area contributed by atoms with Crippen molar-refractivity contribution in [3.8, 4) is 12.0 Å². The summed E-state index contributed by atoms with van der Waals surface area (Å²) in [5.74, 6) is 3.14. The number of benzene rings is 1. The molecular formula is C17H22N2. The molecule has 2 heteroatoms. The Morgan fingerprint density at radius 2 is 2.21 bits per heavy atom. The predicted octanol–water partition coefficient (Wildman–Crippen LogP) is 3.06. The van der Waals surface area contributed by atoms with Gasteiger partial charge in [-0.2, -0.15) is 0 Å². The number of hydrogen-bond donors (Lipinski definition) is 1. The van der Waals surface area contributed by atoms with Gasteiger partial charge in [-0.3, -0.25) is 4.90 Å². The van der Waals surface area contributed by atoms with E-state index in [1.165, 1.54) is 36.9 Å². The molecule has 100 valence electrons. The zero-order valence-electron chi connectivity index (χ0n) is 11.7. The molecular weight excluding hydrogens is 232 g/mol. The van der Waals surface area contributed by atoms with Crippen molar-refractivity contribution in [2.45, 2.75) is 51.2 Å². The largest absolute Gasteiger partial charge is 0.337 e. The Balaban J connectivity index is 1.91. The van der Waals surface area contributed by atoms with Crippen molar-refractivity contribution in [3.63, 3.8) is 0 Å². The minimum atomic E-state index is 0.379. The lowest BCUT2D eigenvalue weighted by molar-refractivity contribution is 0.0974. The number of piperidine rings is 1. The summed E-state index contributed by atoms with van der Waals surface area (Å²) in [6, 6.07) is 13.0. The van der Waals surface area contributed by atoms with Crippen LogP contribution in [0, 0.1) is 12.0 Å². The molecule has 0 aromatic heterocycles. The van der Waals surface area contributed by atoms with E-state index in [1.807, 2.05) is 0 Å². The van der Waals surface area contributed by atoms with Crippen molar-refractivity contribution in [3.05, 3.63) is 35.4 Å². The van der Waals surface area contributed by atoms with E-state index in [4.69, 9.17) is 0 Å². The number of nitrogens with zero attached hydrogens (tertiary/aromatic N) is 1. The second-order valence-corrected chi connectivity index (χ2v) is 5.51. The summed E-state index contributed by atoms with van der Waals surface area (Å²) >= 11 is 0. The summed E-state index contributed by atoms with van der Waals surface area (Å²) in [5, 5.41) is 3.48. The summed E-state index contributed by atoms with van der Waals surface area (Å²) in [4.78, 5) is 2.64. The first kappa shape index (κ1) is 12.6. The van der Waals surface area contributed by atoms with Crippen LogP contribution in [0.4, 0.5) is 0 Å². The van der Waals surface area contributed by atoms with Gasteiger partial charge in [0.15, 0.2) is 0 Å². The first-order valence-electron chi connectivity index (χ1n) is 7.45. The van der Waals surface area contributed by atoms with Gasteiger partial charge in [0.05, 0.1) is 6.04 Å². The first-order valence-corrected chi connectivity index (χ1v) is 7.45. The van der Waals surface area contributed by atoms with Crippen LogP contribution in [-0.4, -0.2) is 17.5 Å². The summed E-state index contributed by atoms with van der Waals surface area (Å²) in [5.41, 5.74) is 2.92. The second kappa shape index (κ2) is 5.67. The monoisotopic (exact) mass is 254 g/mol. The Labute approximate surface area is 116 Å². The van der Waals surface area contributed by atoms with E-state index < -0.39 is 0 Å². The van der Waals surface area contributed by atoms with E-state index >= 15 is 0 Å². The Kier molecular flexibility index (Phi) is 3.75. The fraction of sp³-hybridized carbons (Fsp3) is 0.529. The van der Waals surface area contributed by atoms with Crippen LogP contribution in [0.5, 0.6) is 0 Å². The quantitative estimate of drug-likeness (QED) is 0.612. The van der Waals surface area contributed by atoms with Crippen molar-refractivity contribution in [1.82, 2.24) is 10.2 Å². The molecule has 2 atom stereocenters. The molecule has 0 saturated carbocycles. The zero-order valence-corrected chi connectivity index (χ0v) is 11.7. The molecule has 0 aliphatic carbocycles. The number of fused-ring (bicyclic) bond motifs is 2. The van der Waals surface area contributed by atoms with Gasteiger partial charge in [-0.15, -0.1) is 0 Å². The molecule has 0 radical (unpaired) electrons. The highest BCUT2D eigenvalue weighted by atomic mass is 15.2. The lowest BCUT2D eigenvalue weighted by Crippen LogP contribution is -2.49. The van der Waals surface area contributed by atoms with Crippen LogP contribution in [0.25, 0.3) is 0 Å². The molecule has 0 amide bonds. The normalized spacial score (nSPS) is 25.7. The van der Waals surface area contributed by atoms with Gasteiger partial charge >= 0.3 is 0 Å². The highest BCUT2D eigenvalue weighted by molar-refractivity contribution is 5.34. The van der Waals surface area contributed by atoms with Gasteiger partial charge in [-0.25, -0.2) is 0 Å². The van der Waals surface area contributed by atoms with E-state index in [9.17, 15) is 0 Å². The van der Waals surface area contributed by atoms with Gasteiger partial charge in [0, 0.05) is 25.1 Å². The van der Waals surface area contributed by atoms with Gasteiger partial charge < -0.3 is 5.32 Å². The molecule has 2 aliphatic rings. The Morgan fingerprint density at radius 3 is 3.11 bits per heavy atom. The molecule has 1 fully saturated rings. The summed E-state index contributed by atoms with van der Waals surface area (Å²) in [7, 11) is 0. The first-order chi connectivity index (χ1) is 9.40. The van der Waals surface area contributed by atoms with E-state index in [0.29, 0.717) is 12.1 Å². The van der Waals surface area contributed by atoms with Crippen LogP contribution >= 0.6 is 0 Å². The molecule has 1 aromatic carbocycles. The number of hydrogen-bond acceptors (Lipinski definition) is 2. The molecule has 1 N–H and O–H groups in total. The standard InChI is InChI=1S/C17H22N2/c1-2-3-11-18-17-15-9-5-4-8-14(15)13-19-12-7-6-10-16(17)19/h4-5,8-9,16-18H,2,6-7,10,12-13H2,1H3. The van der Waals surface area contributed by atoms with Crippen LogP contribution in [0.1, 0.15) is 49.8 Å². The summed E-state index contributed by atoms with van der Waals surface area (Å²) in [6.45, 7) is 4.44. The minimum absolute atomic E-state index is 0.379. The highest BCUT2D eigenvalue weighted by Gasteiger charge is 2.35. The summed E-state index contributed by atoms with van der Waals surface area (Å²) in [6.07, 6.45) is 4.89. The SMILES string of the molecule is CCC#CNC1c2ccccc2CN2CCCCC12. The van der Waals surface area contributed by atoms with Crippen LogP contribution in [0.15, 0.2) is 24.3 Å². The van der Waals surface area contributed by atoms with Crippen molar-refractivity contribution in [2.24, 2.45) is 0 Å². The molecule has 1 aromatic rings. The number of nitrogens with one attached hydrogen (secondary N) is 1. The minimum Gasteiger partial charge on any atom is -0.337 e. The van der Waals surface area contributed by atoms with Crippen LogP contribution < -0.4 is 5.32 Å². The average Bonchev–Trinajstić information content (AvgIpc) is 2.46. The van der Waals surface area contributed by atoms with Crippen molar-refractivity contribution in [2.75, 3.05) is 6.54 Å². The maximum atomic E-state index is 3.48. The van der Waals surface area contributed by atoms with E-state index in [0.717, 1.165) is 13.0 Å². The maximum absolute atomic E-state index is 3.48. The van der Waals surface area contributed by atoms with Gasteiger partial charge in [-0.1, -0.05) is 43.5 Å². The fourth-order valence-corrected chi connectivity index (χ4v) is 3.39. The van der Waals surface area contributed by atoms with Gasteiger partial charge in [-0.05, 0) is 30.5 Å². The van der Waals surface area contributed by atoms with Crippen molar-refractivity contribution >= 4 is 0 Å². The molecule has 19 heavy (non-hydrogen) atoms. The van der Waals surface area contributed by atoms with E-state index in [2.05, 4.69) is 53.4 Å². The zero-order chi connectivity index (χ0) is 13.1. The molecule has 3 rings (SSSR count). The lowest BCUT2D eigenvalue weighted by atomic mass is 9.84. The number of rotatable bonds is 1. The molecule has 2 nitrogen and oxygen atoms in total. The Hall–Kier alpha value is -1.46. The molecule has 0 spiro atoms. The smallest absolute Gasteiger partial charge is 0.0748 e. The highest BCUT2D eigenvalue weighted by Crippen LogP contribution is 2.36. The third-order valence-electron chi connectivity index (χ3n) is 4.31. The van der Waals surface area contributed by atoms with Crippen LogP contribution in [-0.2, 0) is 6.54 Å². The lowest BCUT2D eigenvalue weighted by Gasteiger charge is -2.44. The van der Waals surface area contributed by atoms with Gasteiger partial charge in [0.1, 0.15) is 0 Å². The Bertz CT molecular complexity index is 497. The summed E-state index contributed by atoms with van der Waals surface area (Å²) < 4.78 is 0. The van der Waals surface area contributed by atoms with Gasteiger partial charge in [0.2, 0.25) is 0 Å². The van der Waals surface area contributed by atoms with E-state index in [1.54, 1.807) is 0 Å². The van der Waals surface area contributed by atoms with Crippen molar-refractivity contribution in [1.29, 1.82) is 0 Å². The molecule has 2 aliphatic heterocycles. The molecule has 2 heterocycles. The van der Waals surface area contributed by atoms with E-state index in [-0.39, 0.29) is 0 Å². The fourth-order valence-electron chi connectivity index (χ4n) is 3.39. The topological polar surface area (TPSA) is 15.3 Å².